The normalized spacial score (nSPS) is 19.6. The topological polar surface area (TPSA) is 62.3 Å². The van der Waals surface area contributed by atoms with Crippen LogP contribution in [0.1, 0.15) is 31.7 Å². The number of carbonyl (C=O) groups excluding carboxylic acids is 2. The largest absolute Gasteiger partial charge is 0.344 e. The lowest BCUT2D eigenvalue weighted by Crippen LogP contribution is -2.45. The zero-order valence-electron chi connectivity index (χ0n) is 11.8. The first-order chi connectivity index (χ1) is 9.70. The van der Waals surface area contributed by atoms with Crippen molar-refractivity contribution in [2.45, 2.75) is 38.6 Å². The fourth-order valence-electron chi connectivity index (χ4n) is 2.42. The predicted molar refractivity (Wildman–Crippen MR) is 76.0 cm³/mol. The van der Waals surface area contributed by atoms with Gasteiger partial charge in [-0.1, -0.05) is 13.3 Å². The summed E-state index contributed by atoms with van der Waals surface area (Å²) in [6.45, 7) is 3.18. The lowest BCUT2D eigenvalue weighted by atomic mass is 10.1. The van der Waals surface area contributed by atoms with E-state index in [1.54, 1.807) is 17.3 Å². The summed E-state index contributed by atoms with van der Waals surface area (Å²) in [4.78, 5) is 29.8. The molecule has 5 nitrogen and oxygen atoms in total. The van der Waals surface area contributed by atoms with E-state index in [2.05, 4.69) is 10.3 Å². The molecule has 20 heavy (non-hydrogen) atoms. The van der Waals surface area contributed by atoms with Crippen molar-refractivity contribution < 1.29 is 9.59 Å². The Morgan fingerprint density at radius 2 is 2.10 bits per heavy atom. The minimum Gasteiger partial charge on any atom is -0.344 e. The van der Waals surface area contributed by atoms with Gasteiger partial charge in [0, 0.05) is 31.9 Å². The van der Waals surface area contributed by atoms with Crippen LogP contribution >= 0.6 is 0 Å². The number of pyridine rings is 1. The van der Waals surface area contributed by atoms with E-state index in [1.807, 2.05) is 19.1 Å². The molecule has 0 spiro atoms. The second-order valence-corrected chi connectivity index (χ2v) is 5.09. The van der Waals surface area contributed by atoms with Crippen LogP contribution in [0, 0.1) is 0 Å². The Balaban J connectivity index is 1.98. The van der Waals surface area contributed by atoms with E-state index in [9.17, 15) is 9.59 Å². The number of carbonyl (C=O) groups is 2. The van der Waals surface area contributed by atoms with E-state index in [0.29, 0.717) is 25.9 Å². The molecule has 1 aliphatic heterocycles. The highest BCUT2D eigenvalue weighted by Crippen LogP contribution is 2.10. The lowest BCUT2D eigenvalue weighted by Gasteiger charge is -2.23. The summed E-state index contributed by atoms with van der Waals surface area (Å²) in [5.74, 6) is 0.0231. The molecule has 0 saturated carbocycles. The quantitative estimate of drug-likeness (QED) is 0.876. The van der Waals surface area contributed by atoms with Crippen LogP contribution in [0.5, 0.6) is 0 Å². The van der Waals surface area contributed by atoms with Crippen LogP contribution in [0.15, 0.2) is 24.5 Å². The lowest BCUT2D eigenvalue weighted by molar-refractivity contribution is -0.133. The molecule has 1 N–H and O–H groups in total. The average molecular weight is 275 g/mol. The van der Waals surface area contributed by atoms with Gasteiger partial charge in [-0.15, -0.1) is 0 Å². The van der Waals surface area contributed by atoms with Crippen molar-refractivity contribution in [3.05, 3.63) is 30.1 Å². The van der Waals surface area contributed by atoms with Gasteiger partial charge < -0.3 is 10.2 Å². The zero-order chi connectivity index (χ0) is 14.4. The molecule has 2 heterocycles. The smallest absolute Gasteiger partial charge is 0.245 e. The van der Waals surface area contributed by atoms with Gasteiger partial charge in [0.25, 0.3) is 0 Å². The van der Waals surface area contributed by atoms with E-state index in [-0.39, 0.29) is 17.9 Å². The molecule has 1 saturated heterocycles. The van der Waals surface area contributed by atoms with Crippen molar-refractivity contribution in [3.8, 4) is 0 Å². The van der Waals surface area contributed by atoms with E-state index >= 15 is 0 Å². The molecule has 1 aliphatic rings. The average Bonchev–Trinajstić information content (AvgIpc) is 2.59. The minimum absolute atomic E-state index is 0.0248. The van der Waals surface area contributed by atoms with Gasteiger partial charge in [-0.25, -0.2) is 0 Å². The summed E-state index contributed by atoms with van der Waals surface area (Å²) < 4.78 is 0. The van der Waals surface area contributed by atoms with E-state index in [1.165, 1.54) is 0 Å². The van der Waals surface area contributed by atoms with Crippen LogP contribution in [-0.4, -0.2) is 40.8 Å². The summed E-state index contributed by atoms with van der Waals surface area (Å²) >= 11 is 0. The number of hydrogen-bond acceptors (Lipinski definition) is 3. The molecule has 2 rings (SSSR count). The van der Waals surface area contributed by atoms with Crippen LogP contribution in [0.2, 0.25) is 0 Å². The summed E-state index contributed by atoms with van der Waals surface area (Å²) in [5, 5.41) is 2.82. The molecule has 1 atom stereocenters. The maximum Gasteiger partial charge on any atom is 0.245 e. The van der Waals surface area contributed by atoms with Gasteiger partial charge in [0.2, 0.25) is 11.8 Å². The monoisotopic (exact) mass is 275 g/mol. The van der Waals surface area contributed by atoms with Crippen molar-refractivity contribution in [1.82, 2.24) is 15.2 Å². The predicted octanol–water partition coefficient (Wildman–Crippen LogP) is 1.14. The van der Waals surface area contributed by atoms with Crippen LogP contribution in [0.3, 0.4) is 0 Å². The first kappa shape index (κ1) is 14.5. The molecule has 1 aromatic heterocycles. The molecule has 108 valence electrons. The fraction of sp³-hybridized carbons (Fsp3) is 0.533. The van der Waals surface area contributed by atoms with Gasteiger partial charge in [0.05, 0.1) is 0 Å². The molecule has 0 radical (unpaired) electrons. The molecule has 1 unspecified atom stereocenters. The number of nitrogens with zero attached hydrogens (tertiary/aromatic N) is 2. The Morgan fingerprint density at radius 1 is 1.35 bits per heavy atom. The third-order valence-electron chi connectivity index (χ3n) is 3.55. The minimum atomic E-state index is -0.354. The van der Waals surface area contributed by atoms with Crippen molar-refractivity contribution in [2.75, 3.05) is 13.1 Å². The van der Waals surface area contributed by atoms with Crippen molar-refractivity contribution in [1.29, 1.82) is 0 Å². The van der Waals surface area contributed by atoms with Gasteiger partial charge in [0.15, 0.2) is 0 Å². The number of aromatic nitrogens is 1. The second kappa shape index (κ2) is 7.03. The Kier molecular flexibility index (Phi) is 5.09. The third kappa shape index (κ3) is 3.79. The summed E-state index contributed by atoms with van der Waals surface area (Å²) in [7, 11) is 0. The highest BCUT2D eigenvalue weighted by Gasteiger charge is 2.28. The fourth-order valence-corrected chi connectivity index (χ4v) is 2.42. The van der Waals surface area contributed by atoms with Gasteiger partial charge in [-0.3, -0.25) is 14.6 Å². The highest BCUT2D eigenvalue weighted by atomic mass is 16.2. The molecule has 2 amide bonds. The zero-order valence-corrected chi connectivity index (χ0v) is 11.8. The number of nitrogens with one attached hydrogen (secondary N) is 1. The molecule has 5 heteroatoms. The number of rotatable bonds is 5. The molecule has 1 fully saturated rings. The van der Waals surface area contributed by atoms with E-state index < -0.39 is 0 Å². The van der Waals surface area contributed by atoms with Crippen LogP contribution in [0.25, 0.3) is 0 Å². The molecule has 0 aromatic carbocycles. The van der Waals surface area contributed by atoms with Crippen molar-refractivity contribution in [2.24, 2.45) is 0 Å². The molecule has 0 aliphatic carbocycles. The Labute approximate surface area is 119 Å². The van der Waals surface area contributed by atoms with E-state index in [4.69, 9.17) is 0 Å². The van der Waals surface area contributed by atoms with Crippen molar-refractivity contribution >= 4 is 11.8 Å². The van der Waals surface area contributed by atoms with Crippen LogP contribution in [0.4, 0.5) is 0 Å². The van der Waals surface area contributed by atoms with Gasteiger partial charge in [-0.05, 0) is 30.5 Å². The maximum atomic E-state index is 12.4. The maximum absolute atomic E-state index is 12.4. The van der Waals surface area contributed by atoms with Crippen LogP contribution < -0.4 is 5.32 Å². The molecular weight excluding hydrogens is 254 g/mol. The molecule has 0 bridgehead atoms. The Bertz CT molecular complexity index is 461. The number of hydrogen-bond donors (Lipinski definition) is 1. The first-order valence-corrected chi connectivity index (χ1v) is 7.17. The van der Waals surface area contributed by atoms with Crippen molar-refractivity contribution in [3.63, 3.8) is 0 Å². The van der Waals surface area contributed by atoms with Gasteiger partial charge in [0.1, 0.15) is 6.04 Å². The first-order valence-electron chi connectivity index (χ1n) is 7.17. The summed E-state index contributed by atoms with van der Waals surface area (Å²) in [6, 6.07) is 3.55. The Hall–Kier alpha value is -1.91. The van der Waals surface area contributed by atoms with Crippen LogP contribution in [-0.2, 0) is 16.0 Å². The SMILES string of the molecule is CCCC1NC(=O)CCN(CCc2ccncc2)C1=O. The van der Waals surface area contributed by atoms with Gasteiger partial charge in [-0.2, -0.15) is 0 Å². The van der Waals surface area contributed by atoms with Gasteiger partial charge >= 0.3 is 0 Å². The van der Waals surface area contributed by atoms with E-state index in [0.717, 1.165) is 18.4 Å². The Morgan fingerprint density at radius 3 is 2.80 bits per heavy atom. The number of amides is 2. The standard InChI is InChI=1S/C15H21N3O2/c1-2-3-13-15(20)18(11-7-14(19)17-13)10-6-12-4-8-16-9-5-12/h4-5,8-9,13H,2-3,6-7,10-11H2,1H3,(H,17,19). The summed E-state index contributed by atoms with van der Waals surface area (Å²) in [6.07, 6.45) is 6.28. The summed E-state index contributed by atoms with van der Waals surface area (Å²) in [5.41, 5.74) is 1.16. The third-order valence-corrected chi connectivity index (χ3v) is 3.55. The second-order valence-electron chi connectivity index (χ2n) is 5.09. The molecular formula is C15H21N3O2. The highest BCUT2D eigenvalue weighted by molar-refractivity contribution is 5.89. The molecule has 1 aromatic rings.